The molecule has 118 valence electrons. The fourth-order valence-corrected chi connectivity index (χ4v) is 2.85. The Hall–Kier alpha value is -2.82. The number of hydrogen-bond acceptors (Lipinski definition) is 3. The number of aromatic nitrogens is 2. The number of imidazole rings is 1. The zero-order chi connectivity index (χ0) is 16.4. The van der Waals surface area contributed by atoms with Gasteiger partial charge in [0.1, 0.15) is 0 Å². The first-order valence-electron chi connectivity index (χ1n) is 7.50. The van der Waals surface area contributed by atoms with E-state index in [1.807, 2.05) is 60.0 Å². The number of rotatable bonds is 5. The molecular formula is C18H18N2O3. The Morgan fingerprint density at radius 2 is 2.00 bits per heavy atom. The standard InChI is InChI=1S/C18H18N2O3/c1-3-13(18(21)22)16-15(12-8-5-4-6-9-12)19-17-14(23-2)10-7-11-20(16)17/h4-11,13H,3H2,1-2H3,(H,21,22). The second kappa shape index (κ2) is 6.12. The van der Waals surface area contributed by atoms with Crippen molar-refractivity contribution in [3.8, 4) is 17.0 Å². The molecular weight excluding hydrogens is 292 g/mol. The van der Waals surface area contributed by atoms with Gasteiger partial charge in [-0.15, -0.1) is 0 Å². The van der Waals surface area contributed by atoms with Gasteiger partial charge in [0.2, 0.25) is 0 Å². The number of pyridine rings is 1. The summed E-state index contributed by atoms with van der Waals surface area (Å²) in [5, 5.41) is 9.63. The maximum atomic E-state index is 11.7. The van der Waals surface area contributed by atoms with Crippen LogP contribution in [0.2, 0.25) is 0 Å². The van der Waals surface area contributed by atoms with Gasteiger partial charge >= 0.3 is 5.97 Å². The van der Waals surface area contributed by atoms with Gasteiger partial charge in [-0.3, -0.25) is 9.20 Å². The van der Waals surface area contributed by atoms with Crippen LogP contribution in [0, 0.1) is 0 Å². The van der Waals surface area contributed by atoms with Gasteiger partial charge in [0.05, 0.1) is 24.4 Å². The minimum atomic E-state index is -0.852. The summed E-state index contributed by atoms with van der Waals surface area (Å²) in [6.07, 6.45) is 2.32. The van der Waals surface area contributed by atoms with E-state index in [1.54, 1.807) is 7.11 Å². The van der Waals surface area contributed by atoms with Crippen molar-refractivity contribution >= 4 is 11.6 Å². The highest BCUT2D eigenvalue weighted by atomic mass is 16.5. The van der Waals surface area contributed by atoms with Crippen LogP contribution < -0.4 is 4.74 Å². The molecule has 0 spiro atoms. The quantitative estimate of drug-likeness (QED) is 0.782. The monoisotopic (exact) mass is 310 g/mol. The normalized spacial score (nSPS) is 12.3. The van der Waals surface area contributed by atoms with Crippen molar-refractivity contribution in [3.63, 3.8) is 0 Å². The average Bonchev–Trinajstić information content (AvgIpc) is 2.95. The van der Waals surface area contributed by atoms with Crippen LogP contribution in [0.3, 0.4) is 0 Å². The Balaban J connectivity index is 2.36. The highest BCUT2D eigenvalue weighted by molar-refractivity contribution is 5.81. The third-order valence-electron chi connectivity index (χ3n) is 3.95. The number of aliphatic carboxylic acids is 1. The maximum absolute atomic E-state index is 11.7. The number of methoxy groups -OCH3 is 1. The summed E-state index contributed by atoms with van der Waals surface area (Å²) in [6, 6.07) is 13.3. The Morgan fingerprint density at radius 1 is 1.26 bits per heavy atom. The molecule has 5 heteroatoms. The van der Waals surface area contributed by atoms with Gasteiger partial charge in [-0.25, -0.2) is 4.98 Å². The molecule has 2 heterocycles. The molecule has 1 unspecified atom stereocenters. The molecule has 3 aromatic rings. The van der Waals surface area contributed by atoms with Crippen molar-refractivity contribution < 1.29 is 14.6 Å². The smallest absolute Gasteiger partial charge is 0.312 e. The highest BCUT2D eigenvalue weighted by Crippen LogP contribution is 2.34. The molecule has 3 rings (SSSR count). The lowest BCUT2D eigenvalue weighted by atomic mass is 9.97. The van der Waals surface area contributed by atoms with E-state index < -0.39 is 11.9 Å². The van der Waals surface area contributed by atoms with E-state index >= 15 is 0 Å². The highest BCUT2D eigenvalue weighted by Gasteiger charge is 2.27. The number of carboxylic acid groups (broad SMARTS) is 1. The zero-order valence-electron chi connectivity index (χ0n) is 13.1. The minimum absolute atomic E-state index is 0.486. The molecule has 1 aromatic carbocycles. The molecule has 0 saturated carbocycles. The Bertz CT molecular complexity index is 840. The van der Waals surface area contributed by atoms with Gasteiger partial charge in [-0.05, 0) is 18.6 Å². The van der Waals surface area contributed by atoms with Gasteiger partial charge in [0.15, 0.2) is 11.4 Å². The molecule has 23 heavy (non-hydrogen) atoms. The largest absolute Gasteiger partial charge is 0.493 e. The van der Waals surface area contributed by atoms with Crippen LogP contribution in [0.5, 0.6) is 5.75 Å². The summed E-state index contributed by atoms with van der Waals surface area (Å²) in [7, 11) is 1.58. The number of carbonyl (C=O) groups is 1. The van der Waals surface area contributed by atoms with Crippen molar-refractivity contribution in [2.24, 2.45) is 0 Å². The van der Waals surface area contributed by atoms with Crippen molar-refractivity contribution in [3.05, 3.63) is 54.4 Å². The van der Waals surface area contributed by atoms with E-state index in [9.17, 15) is 9.90 Å². The Morgan fingerprint density at radius 3 is 2.61 bits per heavy atom. The zero-order valence-corrected chi connectivity index (χ0v) is 13.1. The molecule has 0 amide bonds. The summed E-state index contributed by atoms with van der Waals surface area (Å²) >= 11 is 0. The second-order valence-electron chi connectivity index (χ2n) is 5.28. The third kappa shape index (κ3) is 2.54. The molecule has 0 aliphatic rings. The average molecular weight is 310 g/mol. The molecule has 2 aromatic heterocycles. The molecule has 1 atom stereocenters. The number of nitrogens with zero attached hydrogens (tertiary/aromatic N) is 2. The summed E-state index contributed by atoms with van der Waals surface area (Å²) < 4.78 is 7.20. The first-order chi connectivity index (χ1) is 11.2. The van der Waals surface area contributed by atoms with E-state index in [4.69, 9.17) is 4.74 Å². The molecule has 0 aliphatic carbocycles. The summed E-state index contributed by atoms with van der Waals surface area (Å²) in [5.74, 6) is -0.863. The van der Waals surface area contributed by atoms with E-state index in [-0.39, 0.29) is 0 Å². The Labute approximate surface area is 134 Å². The molecule has 0 bridgehead atoms. The minimum Gasteiger partial charge on any atom is -0.493 e. The van der Waals surface area contributed by atoms with Crippen LogP contribution in [0.4, 0.5) is 0 Å². The van der Waals surface area contributed by atoms with Crippen molar-refractivity contribution in [2.45, 2.75) is 19.3 Å². The SMILES string of the molecule is CCC(C(=O)O)c1c(-c2ccccc2)nc2c(OC)cccn12. The van der Waals surface area contributed by atoms with Gasteiger partial charge < -0.3 is 9.84 Å². The first kappa shape index (κ1) is 15.1. The van der Waals surface area contributed by atoms with E-state index in [0.29, 0.717) is 29.2 Å². The lowest BCUT2D eigenvalue weighted by molar-refractivity contribution is -0.138. The lowest BCUT2D eigenvalue weighted by Crippen LogP contribution is -2.13. The van der Waals surface area contributed by atoms with Crippen LogP contribution >= 0.6 is 0 Å². The molecule has 0 fully saturated rings. The van der Waals surface area contributed by atoms with E-state index in [0.717, 1.165) is 5.56 Å². The van der Waals surface area contributed by atoms with Crippen molar-refractivity contribution in [1.29, 1.82) is 0 Å². The maximum Gasteiger partial charge on any atom is 0.312 e. The molecule has 5 nitrogen and oxygen atoms in total. The third-order valence-corrected chi connectivity index (χ3v) is 3.95. The summed E-state index contributed by atoms with van der Waals surface area (Å²) in [4.78, 5) is 16.4. The fourth-order valence-electron chi connectivity index (χ4n) is 2.85. The van der Waals surface area contributed by atoms with Crippen LogP contribution in [0.15, 0.2) is 48.7 Å². The van der Waals surface area contributed by atoms with Crippen LogP contribution in [-0.4, -0.2) is 27.6 Å². The van der Waals surface area contributed by atoms with E-state index in [2.05, 4.69) is 4.98 Å². The number of hydrogen-bond donors (Lipinski definition) is 1. The van der Waals surface area contributed by atoms with Crippen LogP contribution in [0.1, 0.15) is 25.0 Å². The summed E-state index contributed by atoms with van der Waals surface area (Å²) in [5.41, 5.74) is 2.89. The van der Waals surface area contributed by atoms with E-state index in [1.165, 1.54) is 0 Å². The molecule has 0 radical (unpaired) electrons. The van der Waals surface area contributed by atoms with Gasteiger partial charge in [-0.1, -0.05) is 37.3 Å². The number of carboxylic acids is 1. The Kier molecular flexibility index (Phi) is 4.02. The van der Waals surface area contributed by atoms with Gasteiger partial charge in [0.25, 0.3) is 0 Å². The summed E-state index contributed by atoms with van der Waals surface area (Å²) in [6.45, 7) is 1.87. The number of fused-ring (bicyclic) bond motifs is 1. The topological polar surface area (TPSA) is 63.8 Å². The number of ether oxygens (including phenoxy) is 1. The van der Waals surface area contributed by atoms with Gasteiger partial charge in [0, 0.05) is 11.8 Å². The fraction of sp³-hybridized carbons (Fsp3) is 0.222. The predicted molar refractivity (Wildman–Crippen MR) is 87.8 cm³/mol. The number of benzene rings is 1. The lowest BCUT2D eigenvalue weighted by Gasteiger charge is -2.12. The van der Waals surface area contributed by atoms with Crippen LogP contribution in [0.25, 0.3) is 16.9 Å². The molecule has 0 saturated heterocycles. The second-order valence-corrected chi connectivity index (χ2v) is 5.28. The predicted octanol–water partition coefficient (Wildman–Crippen LogP) is 3.59. The van der Waals surface area contributed by atoms with Gasteiger partial charge in [-0.2, -0.15) is 0 Å². The van der Waals surface area contributed by atoms with Crippen molar-refractivity contribution in [2.75, 3.05) is 7.11 Å². The first-order valence-corrected chi connectivity index (χ1v) is 7.50. The van der Waals surface area contributed by atoms with Crippen LogP contribution in [-0.2, 0) is 4.79 Å². The molecule has 1 N–H and O–H groups in total. The van der Waals surface area contributed by atoms with Crippen molar-refractivity contribution in [1.82, 2.24) is 9.38 Å². The molecule has 0 aliphatic heterocycles.